The number of hydrogen-bond acceptors (Lipinski definition) is 4. The predicted molar refractivity (Wildman–Crippen MR) is 113 cm³/mol. The molecule has 0 saturated carbocycles. The summed E-state index contributed by atoms with van der Waals surface area (Å²) in [5.74, 6) is -0.0923. The maximum atomic E-state index is 11.6. The first-order chi connectivity index (χ1) is 13.3. The quantitative estimate of drug-likeness (QED) is 0.158. The topological polar surface area (TPSA) is 44.8 Å². The molecule has 0 amide bonds. The molecule has 0 aliphatic rings. The van der Waals surface area contributed by atoms with Gasteiger partial charge < -0.3 is 14.2 Å². The molecule has 0 N–H and O–H groups in total. The van der Waals surface area contributed by atoms with Gasteiger partial charge in [0.1, 0.15) is 0 Å². The Morgan fingerprint density at radius 1 is 0.519 bits per heavy atom. The third-order valence-electron chi connectivity index (χ3n) is 4.69. The van der Waals surface area contributed by atoms with Crippen LogP contribution in [0.2, 0.25) is 0 Å². The summed E-state index contributed by atoms with van der Waals surface area (Å²) in [5.41, 5.74) is 0. The van der Waals surface area contributed by atoms with Crippen molar-refractivity contribution in [2.45, 2.75) is 110 Å². The number of carbonyl (C=O) groups is 1. The molecule has 4 nitrogen and oxygen atoms in total. The second-order valence-electron chi connectivity index (χ2n) is 7.44. The Morgan fingerprint density at radius 3 is 1.56 bits per heavy atom. The fraction of sp³-hybridized carbons (Fsp3) is 0.957. The standard InChI is InChI=1S/C23H46O4/c1-3-5-7-8-9-10-11-12-13-15-20-27-23(24)17-16-19-26-22-21-25-18-14-6-4-2/h3-22H2,1-2H3. The fourth-order valence-corrected chi connectivity index (χ4v) is 2.94. The van der Waals surface area contributed by atoms with Gasteiger partial charge in [-0.25, -0.2) is 0 Å². The number of carbonyl (C=O) groups excluding carboxylic acids is 1. The van der Waals surface area contributed by atoms with Crippen LogP contribution in [0.5, 0.6) is 0 Å². The van der Waals surface area contributed by atoms with Crippen molar-refractivity contribution in [2.75, 3.05) is 33.0 Å². The Labute approximate surface area is 168 Å². The first-order valence-electron chi connectivity index (χ1n) is 11.6. The number of hydrogen-bond donors (Lipinski definition) is 0. The zero-order valence-electron chi connectivity index (χ0n) is 18.3. The van der Waals surface area contributed by atoms with E-state index in [0.717, 1.165) is 25.9 Å². The van der Waals surface area contributed by atoms with E-state index in [1.807, 2.05) is 0 Å². The van der Waals surface area contributed by atoms with Crippen molar-refractivity contribution >= 4 is 5.97 Å². The van der Waals surface area contributed by atoms with Gasteiger partial charge in [0, 0.05) is 19.6 Å². The Balaban J connectivity index is 3.13. The highest BCUT2D eigenvalue weighted by molar-refractivity contribution is 5.69. The van der Waals surface area contributed by atoms with E-state index in [9.17, 15) is 4.79 Å². The maximum absolute atomic E-state index is 11.6. The molecular formula is C23H46O4. The molecule has 0 rings (SSSR count). The zero-order valence-corrected chi connectivity index (χ0v) is 18.3. The van der Waals surface area contributed by atoms with Crippen LogP contribution >= 0.6 is 0 Å². The summed E-state index contributed by atoms with van der Waals surface area (Å²) in [5, 5.41) is 0. The Hall–Kier alpha value is -0.610. The summed E-state index contributed by atoms with van der Waals surface area (Å²) in [6, 6.07) is 0. The van der Waals surface area contributed by atoms with Gasteiger partial charge in [-0.05, 0) is 19.3 Å². The molecule has 0 spiro atoms. The van der Waals surface area contributed by atoms with E-state index in [4.69, 9.17) is 14.2 Å². The Kier molecular flexibility index (Phi) is 22.9. The number of rotatable bonds is 22. The molecule has 0 aromatic carbocycles. The first kappa shape index (κ1) is 26.4. The molecule has 0 aliphatic carbocycles. The van der Waals surface area contributed by atoms with Crippen LogP contribution in [0, 0.1) is 0 Å². The third-order valence-corrected chi connectivity index (χ3v) is 4.69. The molecule has 0 bridgehead atoms. The largest absolute Gasteiger partial charge is 0.466 e. The van der Waals surface area contributed by atoms with E-state index in [2.05, 4.69) is 13.8 Å². The van der Waals surface area contributed by atoms with Crippen molar-refractivity contribution in [3.63, 3.8) is 0 Å². The van der Waals surface area contributed by atoms with Crippen LogP contribution in [0.25, 0.3) is 0 Å². The smallest absolute Gasteiger partial charge is 0.305 e. The lowest BCUT2D eigenvalue weighted by atomic mass is 10.1. The molecule has 4 heteroatoms. The molecule has 0 radical (unpaired) electrons. The second-order valence-corrected chi connectivity index (χ2v) is 7.44. The molecule has 0 unspecified atom stereocenters. The lowest BCUT2D eigenvalue weighted by Gasteiger charge is -2.07. The van der Waals surface area contributed by atoms with Crippen molar-refractivity contribution in [3.8, 4) is 0 Å². The van der Waals surface area contributed by atoms with Gasteiger partial charge in [0.05, 0.1) is 19.8 Å². The van der Waals surface area contributed by atoms with E-state index in [1.54, 1.807) is 0 Å². The van der Waals surface area contributed by atoms with Crippen molar-refractivity contribution in [1.82, 2.24) is 0 Å². The molecule has 0 aromatic heterocycles. The van der Waals surface area contributed by atoms with Crippen LogP contribution in [-0.4, -0.2) is 39.0 Å². The van der Waals surface area contributed by atoms with E-state index in [0.29, 0.717) is 32.8 Å². The van der Waals surface area contributed by atoms with Gasteiger partial charge in [-0.2, -0.15) is 0 Å². The van der Waals surface area contributed by atoms with Crippen LogP contribution in [-0.2, 0) is 19.0 Å². The van der Waals surface area contributed by atoms with E-state index < -0.39 is 0 Å². The van der Waals surface area contributed by atoms with Crippen LogP contribution in [0.15, 0.2) is 0 Å². The van der Waals surface area contributed by atoms with Gasteiger partial charge in [0.15, 0.2) is 0 Å². The van der Waals surface area contributed by atoms with Gasteiger partial charge in [0.2, 0.25) is 0 Å². The minimum absolute atomic E-state index is 0.0923. The monoisotopic (exact) mass is 386 g/mol. The Bertz CT molecular complexity index is 294. The van der Waals surface area contributed by atoms with Crippen molar-refractivity contribution in [1.29, 1.82) is 0 Å². The van der Waals surface area contributed by atoms with Crippen molar-refractivity contribution < 1.29 is 19.0 Å². The third kappa shape index (κ3) is 23.4. The highest BCUT2D eigenvalue weighted by Gasteiger charge is 2.02. The van der Waals surface area contributed by atoms with Gasteiger partial charge >= 0.3 is 5.97 Å². The van der Waals surface area contributed by atoms with E-state index >= 15 is 0 Å². The van der Waals surface area contributed by atoms with Crippen LogP contribution in [0.3, 0.4) is 0 Å². The summed E-state index contributed by atoms with van der Waals surface area (Å²) >= 11 is 0. The summed E-state index contributed by atoms with van der Waals surface area (Å²) in [4.78, 5) is 11.6. The molecular weight excluding hydrogens is 340 g/mol. The molecule has 0 fully saturated rings. The maximum Gasteiger partial charge on any atom is 0.305 e. The SMILES string of the molecule is CCCCCCCCCCCCOC(=O)CCCOCCOCCCCC. The van der Waals surface area contributed by atoms with E-state index in [1.165, 1.54) is 70.6 Å². The summed E-state index contributed by atoms with van der Waals surface area (Å²) < 4.78 is 16.2. The molecule has 162 valence electrons. The van der Waals surface area contributed by atoms with Crippen LogP contribution < -0.4 is 0 Å². The summed E-state index contributed by atoms with van der Waals surface area (Å²) in [7, 11) is 0. The molecule has 0 atom stereocenters. The highest BCUT2D eigenvalue weighted by Crippen LogP contribution is 2.10. The molecule has 0 heterocycles. The van der Waals surface area contributed by atoms with E-state index in [-0.39, 0.29) is 5.97 Å². The number of ether oxygens (including phenoxy) is 3. The second kappa shape index (κ2) is 23.4. The minimum atomic E-state index is -0.0923. The fourth-order valence-electron chi connectivity index (χ4n) is 2.94. The number of esters is 1. The first-order valence-corrected chi connectivity index (χ1v) is 11.6. The van der Waals surface area contributed by atoms with Gasteiger partial charge in [0.25, 0.3) is 0 Å². The molecule has 27 heavy (non-hydrogen) atoms. The summed E-state index contributed by atoms with van der Waals surface area (Å²) in [6.07, 6.45) is 17.7. The Morgan fingerprint density at radius 2 is 0.963 bits per heavy atom. The highest BCUT2D eigenvalue weighted by atomic mass is 16.5. The van der Waals surface area contributed by atoms with Gasteiger partial charge in [-0.3, -0.25) is 4.79 Å². The van der Waals surface area contributed by atoms with Gasteiger partial charge in [-0.1, -0.05) is 84.5 Å². The average molecular weight is 387 g/mol. The van der Waals surface area contributed by atoms with Gasteiger partial charge in [-0.15, -0.1) is 0 Å². The molecule has 0 saturated heterocycles. The summed E-state index contributed by atoms with van der Waals surface area (Å²) in [6.45, 7) is 7.70. The van der Waals surface area contributed by atoms with Crippen LogP contribution in [0.1, 0.15) is 110 Å². The van der Waals surface area contributed by atoms with Crippen LogP contribution in [0.4, 0.5) is 0 Å². The predicted octanol–water partition coefficient (Wildman–Crippen LogP) is 6.45. The lowest BCUT2D eigenvalue weighted by molar-refractivity contribution is -0.144. The normalized spacial score (nSPS) is 11.0. The zero-order chi connectivity index (χ0) is 19.8. The van der Waals surface area contributed by atoms with Crippen molar-refractivity contribution in [3.05, 3.63) is 0 Å². The molecule has 0 aliphatic heterocycles. The lowest BCUT2D eigenvalue weighted by Crippen LogP contribution is -2.09. The van der Waals surface area contributed by atoms with Crippen molar-refractivity contribution in [2.24, 2.45) is 0 Å². The number of unbranched alkanes of at least 4 members (excludes halogenated alkanes) is 11. The average Bonchev–Trinajstić information content (AvgIpc) is 2.67. The molecule has 0 aromatic rings. The minimum Gasteiger partial charge on any atom is -0.466 e.